The van der Waals surface area contributed by atoms with Gasteiger partial charge in [-0.2, -0.15) is 0 Å². The second-order valence-electron chi connectivity index (χ2n) is 4.73. The molecule has 0 radical (unpaired) electrons. The maximum atomic E-state index is 5.27. The van der Waals surface area contributed by atoms with Gasteiger partial charge in [0, 0.05) is 12.4 Å². The number of pyridine rings is 1. The van der Waals surface area contributed by atoms with Gasteiger partial charge in [-0.15, -0.1) is 0 Å². The van der Waals surface area contributed by atoms with Crippen molar-refractivity contribution in [2.45, 2.75) is 13.8 Å². The molecule has 2 aromatic rings. The maximum Gasteiger partial charge on any atom is 0.121 e. The standard InChI is InChI=1S/C18H19NO/c1-14(4-5-16-8-10-19-11-9-16)12-17-6-7-18(20-3)15(2)13-17/h4-13H,1-3H3/b5-4+,14-12+. The zero-order valence-corrected chi connectivity index (χ0v) is 12.1. The van der Waals surface area contributed by atoms with E-state index in [9.17, 15) is 0 Å². The number of hydrogen-bond donors (Lipinski definition) is 0. The Kier molecular flexibility index (Phi) is 4.72. The Morgan fingerprint density at radius 1 is 1.10 bits per heavy atom. The summed E-state index contributed by atoms with van der Waals surface area (Å²) in [6.07, 6.45) is 9.94. The Balaban J connectivity index is 2.14. The molecule has 1 aromatic heterocycles. The van der Waals surface area contributed by atoms with Gasteiger partial charge in [0.2, 0.25) is 0 Å². The molecular weight excluding hydrogens is 246 g/mol. The molecule has 0 aliphatic rings. The highest BCUT2D eigenvalue weighted by atomic mass is 16.5. The third kappa shape index (κ3) is 3.82. The second-order valence-corrected chi connectivity index (χ2v) is 4.73. The van der Waals surface area contributed by atoms with E-state index in [1.165, 1.54) is 11.1 Å². The van der Waals surface area contributed by atoms with E-state index in [4.69, 9.17) is 4.74 Å². The smallest absolute Gasteiger partial charge is 0.121 e. The van der Waals surface area contributed by atoms with Crippen molar-refractivity contribution < 1.29 is 4.74 Å². The van der Waals surface area contributed by atoms with Gasteiger partial charge in [0.25, 0.3) is 0 Å². The molecule has 0 saturated carbocycles. The van der Waals surface area contributed by atoms with Crippen molar-refractivity contribution in [3.8, 4) is 5.75 Å². The molecule has 2 nitrogen and oxygen atoms in total. The van der Waals surface area contributed by atoms with Gasteiger partial charge in [-0.1, -0.05) is 29.9 Å². The maximum absolute atomic E-state index is 5.27. The first-order valence-electron chi connectivity index (χ1n) is 6.60. The molecule has 0 amide bonds. The van der Waals surface area contributed by atoms with Crippen LogP contribution >= 0.6 is 0 Å². The van der Waals surface area contributed by atoms with Crippen LogP contribution in [0.15, 0.2) is 54.4 Å². The number of rotatable bonds is 4. The predicted octanol–water partition coefficient (Wildman–Crippen LogP) is 4.52. The lowest BCUT2D eigenvalue weighted by Gasteiger charge is -2.05. The summed E-state index contributed by atoms with van der Waals surface area (Å²) in [5.41, 5.74) is 4.68. The number of aromatic nitrogens is 1. The Morgan fingerprint density at radius 2 is 1.85 bits per heavy atom. The van der Waals surface area contributed by atoms with E-state index in [2.05, 4.69) is 49.2 Å². The van der Waals surface area contributed by atoms with Crippen LogP contribution in [0.5, 0.6) is 5.75 Å². The first kappa shape index (κ1) is 14.1. The van der Waals surface area contributed by atoms with Crippen LogP contribution in [0.1, 0.15) is 23.6 Å². The van der Waals surface area contributed by atoms with Gasteiger partial charge in [0.15, 0.2) is 0 Å². The van der Waals surface area contributed by atoms with E-state index in [1.807, 2.05) is 18.2 Å². The van der Waals surface area contributed by atoms with Gasteiger partial charge in [0.05, 0.1) is 7.11 Å². The highest BCUT2D eigenvalue weighted by Crippen LogP contribution is 2.20. The van der Waals surface area contributed by atoms with E-state index >= 15 is 0 Å². The van der Waals surface area contributed by atoms with Crippen LogP contribution in [0, 0.1) is 6.92 Å². The van der Waals surface area contributed by atoms with Crippen LogP contribution in [0.2, 0.25) is 0 Å². The SMILES string of the molecule is COc1ccc(/C=C(C)/C=C/c2ccncc2)cc1C. The minimum absolute atomic E-state index is 0.923. The average molecular weight is 265 g/mol. The lowest BCUT2D eigenvalue weighted by Crippen LogP contribution is -1.87. The van der Waals surface area contributed by atoms with E-state index in [-0.39, 0.29) is 0 Å². The van der Waals surface area contributed by atoms with Crippen LogP contribution in [0.3, 0.4) is 0 Å². The largest absolute Gasteiger partial charge is 0.496 e. The summed E-state index contributed by atoms with van der Waals surface area (Å²) < 4.78 is 5.27. The van der Waals surface area contributed by atoms with Gasteiger partial charge in [-0.25, -0.2) is 0 Å². The Morgan fingerprint density at radius 3 is 2.50 bits per heavy atom. The molecule has 0 bridgehead atoms. The van der Waals surface area contributed by atoms with Gasteiger partial charge >= 0.3 is 0 Å². The zero-order valence-electron chi connectivity index (χ0n) is 12.1. The summed E-state index contributed by atoms with van der Waals surface area (Å²) in [6, 6.07) is 10.2. The molecular formula is C18H19NO. The fraction of sp³-hybridized carbons (Fsp3) is 0.167. The van der Waals surface area contributed by atoms with E-state index in [0.717, 1.165) is 16.9 Å². The second kappa shape index (κ2) is 6.71. The zero-order chi connectivity index (χ0) is 14.4. The fourth-order valence-corrected chi connectivity index (χ4v) is 2.00. The lowest BCUT2D eigenvalue weighted by molar-refractivity contribution is 0.411. The van der Waals surface area contributed by atoms with Crippen molar-refractivity contribution in [1.82, 2.24) is 4.98 Å². The molecule has 0 N–H and O–H groups in total. The number of nitrogens with zero attached hydrogens (tertiary/aromatic N) is 1. The summed E-state index contributed by atoms with van der Waals surface area (Å²) in [5.74, 6) is 0.923. The first-order chi connectivity index (χ1) is 9.69. The molecule has 102 valence electrons. The van der Waals surface area contributed by atoms with E-state index in [0.29, 0.717) is 0 Å². The molecule has 0 spiro atoms. The van der Waals surface area contributed by atoms with Crippen molar-refractivity contribution in [2.75, 3.05) is 7.11 Å². The Labute approximate surface area is 120 Å². The van der Waals surface area contributed by atoms with Crippen molar-refractivity contribution >= 4 is 12.2 Å². The van der Waals surface area contributed by atoms with Gasteiger partial charge in [0.1, 0.15) is 5.75 Å². The quantitative estimate of drug-likeness (QED) is 0.758. The lowest BCUT2D eigenvalue weighted by atomic mass is 10.1. The van der Waals surface area contributed by atoms with Gasteiger partial charge in [-0.3, -0.25) is 4.98 Å². The number of ether oxygens (including phenoxy) is 1. The molecule has 2 rings (SSSR count). The number of aryl methyl sites for hydroxylation is 1. The van der Waals surface area contributed by atoms with Crippen molar-refractivity contribution in [2.24, 2.45) is 0 Å². The van der Waals surface area contributed by atoms with Crippen LogP contribution in [-0.2, 0) is 0 Å². The van der Waals surface area contributed by atoms with Crippen molar-refractivity contribution in [3.63, 3.8) is 0 Å². The minimum Gasteiger partial charge on any atom is -0.496 e. The van der Waals surface area contributed by atoms with Crippen molar-refractivity contribution in [3.05, 3.63) is 71.1 Å². The van der Waals surface area contributed by atoms with Crippen LogP contribution in [0.4, 0.5) is 0 Å². The molecule has 1 aromatic carbocycles. The molecule has 0 aliphatic heterocycles. The third-order valence-electron chi connectivity index (χ3n) is 3.06. The monoisotopic (exact) mass is 265 g/mol. The summed E-state index contributed by atoms with van der Waals surface area (Å²) in [7, 11) is 1.69. The predicted molar refractivity (Wildman–Crippen MR) is 84.7 cm³/mol. The highest BCUT2D eigenvalue weighted by Gasteiger charge is 1.97. The van der Waals surface area contributed by atoms with E-state index in [1.54, 1.807) is 19.5 Å². The topological polar surface area (TPSA) is 22.1 Å². The molecule has 20 heavy (non-hydrogen) atoms. The highest BCUT2D eigenvalue weighted by molar-refractivity contribution is 5.61. The molecule has 0 saturated heterocycles. The summed E-state index contributed by atoms with van der Waals surface area (Å²) in [6.45, 7) is 4.15. The number of methoxy groups -OCH3 is 1. The number of benzene rings is 1. The van der Waals surface area contributed by atoms with Gasteiger partial charge in [-0.05, 0) is 54.8 Å². The first-order valence-corrected chi connectivity index (χ1v) is 6.60. The third-order valence-corrected chi connectivity index (χ3v) is 3.06. The fourth-order valence-electron chi connectivity index (χ4n) is 2.00. The van der Waals surface area contributed by atoms with Crippen LogP contribution in [-0.4, -0.2) is 12.1 Å². The summed E-state index contributed by atoms with van der Waals surface area (Å²) in [5, 5.41) is 0. The Hall–Kier alpha value is -2.35. The molecule has 0 aliphatic carbocycles. The minimum atomic E-state index is 0.923. The molecule has 0 fully saturated rings. The van der Waals surface area contributed by atoms with Crippen LogP contribution in [0.25, 0.3) is 12.2 Å². The van der Waals surface area contributed by atoms with Crippen LogP contribution < -0.4 is 4.74 Å². The number of allylic oxidation sites excluding steroid dienone is 2. The summed E-state index contributed by atoms with van der Waals surface area (Å²) >= 11 is 0. The number of hydrogen-bond acceptors (Lipinski definition) is 2. The molecule has 0 atom stereocenters. The normalized spacial score (nSPS) is 11.8. The van der Waals surface area contributed by atoms with Crippen molar-refractivity contribution in [1.29, 1.82) is 0 Å². The molecule has 0 unspecified atom stereocenters. The molecule has 2 heteroatoms. The molecule has 1 heterocycles. The average Bonchev–Trinajstić information content (AvgIpc) is 2.46. The van der Waals surface area contributed by atoms with Gasteiger partial charge < -0.3 is 4.74 Å². The summed E-state index contributed by atoms with van der Waals surface area (Å²) in [4.78, 5) is 4.01. The Bertz CT molecular complexity index is 627. The van der Waals surface area contributed by atoms with E-state index < -0.39 is 0 Å².